The molecule has 0 N–H and O–H groups in total. The maximum absolute atomic E-state index is 12.7. The summed E-state index contributed by atoms with van der Waals surface area (Å²) < 4.78 is 5.69. The van der Waals surface area contributed by atoms with E-state index in [2.05, 4.69) is 15.1 Å². The van der Waals surface area contributed by atoms with Crippen LogP contribution in [0, 0.1) is 0 Å². The van der Waals surface area contributed by atoms with E-state index in [1.165, 1.54) is 0 Å². The quantitative estimate of drug-likeness (QED) is 0.840. The van der Waals surface area contributed by atoms with E-state index in [1.807, 2.05) is 30.5 Å². The van der Waals surface area contributed by atoms with Crippen molar-refractivity contribution in [1.29, 1.82) is 0 Å². The first-order chi connectivity index (χ1) is 10.6. The molecule has 2 aliphatic rings. The number of hydrogen-bond donors (Lipinski definition) is 0. The highest BCUT2D eigenvalue weighted by Crippen LogP contribution is 2.23. The molecule has 1 aromatic rings. The molecular formula is C15H24N4O2S. The maximum Gasteiger partial charge on any atom is 0.239 e. The van der Waals surface area contributed by atoms with Gasteiger partial charge in [-0.3, -0.25) is 9.69 Å². The third kappa shape index (κ3) is 3.46. The molecule has 1 atom stereocenters. The van der Waals surface area contributed by atoms with Gasteiger partial charge in [0, 0.05) is 30.5 Å². The molecule has 0 aromatic carbocycles. The van der Waals surface area contributed by atoms with Crippen LogP contribution in [0.5, 0.6) is 0 Å². The lowest BCUT2D eigenvalue weighted by atomic mass is 10.2. The molecule has 22 heavy (non-hydrogen) atoms. The molecule has 122 valence electrons. The van der Waals surface area contributed by atoms with Gasteiger partial charge in [0.2, 0.25) is 17.7 Å². The van der Waals surface area contributed by atoms with Crippen molar-refractivity contribution in [2.75, 3.05) is 31.1 Å². The lowest BCUT2D eigenvalue weighted by Crippen LogP contribution is -2.48. The lowest BCUT2D eigenvalue weighted by Gasteiger charge is -2.31. The van der Waals surface area contributed by atoms with Crippen LogP contribution in [-0.4, -0.2) is 63.1 Å². The fourth-order valence-electron chi connectivity index (χ4n) is 3.03. The Hall–Kier alpha value is -1.08. The highest BCUT2D eigenvalue weighted by atomic mass is 32.2. The number of amides is 1. The van der Waals surface area contributed by atoms with Crippen molar-refractivity contribution in [1.82, 2.24) is 20.0 Å². The van der Waals surface area contributed by atoms with Crippen LogP contribution < -0.4 is 0 Å². The number of likely N-dealkylation sites (tertiary alicyclic amines) is 1. The number of rotatable bonds is 4. The Morgan fingerprint density at radius 1 is 1.32 bits per heavy atom. The smallest absolute Gasteiger partial charge is 0.239 e. The normalized spacial score (nSPS) is 23.4. The van der Waals surface area contributed by atoms with Crippen molar-refractivity contribution >= 4 is 17.7 Å². The first-order valence-electron chi connectivity index (χ1n) is 8.08. The van der Waals surface area contributed by atoms with Crippen molar-refractivity contribution in [3.63, 3.8) is 0 Å². The first kappa shape index (κ1) is 15.8. The Balaban J connectivity index is 1.63. The maximum atomic E-state index is 12.7. The topological polar surface area (TPSA) is 62.5 Å². The summed E-state index contributed by atoms with van der Waals surface area (Å²) in [5.41, 5.74) is 0. The molecule has 3 heterocycles. The van der Waals surface area contributed by atoms with E-state index in [0.29, 0.717) is 18.3 Å². The number of carbonyl (C=O) groups is 1. The second-order valence-corrected chi connectivity index (χ2v) is 7.48. The van der Waals surface area contributed by atoms with Crippen LogP contribution in [0.2, 0.25) is 0 Å². The van der Waals surface area contributed by atoms with Crippen molar-refractivity contribution < 1.29 is 9.21 Å². The van der Waals surface area contributed by atoms with Crippen LogP contribution in [0.25, 0.3) is 0 Å². The number of nitrogens with zero attached hydrogens (tertiary/aromatic N) is 4. The summed E-state index contributed by atoms with van der Waals surface area (Å²) in [6.07, 6.45) is 2.00. The third-order valence-corrected chi connectivity index (χ3v) is 5.23. The molecule has 6 nitrogen and oxygen atoms in total. The van der Waals surface area contributed by atoms with Crippen molar-refractivity contribution in [2.24, 2.45) is 0 Å². The largest absolute Gasteiger partial charge is 0.424 e. The Labute approximate surface area is 135 Å². The van der Waals surface area contributed by atoms with Gasteiger partial charge >= 0.3 is 0 Å². The SMILES string of the molecule is CC(C)c1nnc(CN2CCC[C@@H]2C(=O)N2CCSCC2)o1. The Kier molecular flexibility index (Phi) is 5.03. The molecule has 2 saturated heterocycles. The van der Waals surface area contributed by atoms with Gasteiger partial charge in [-0.2, -0.15) is 11.8 Å². The van der Waals surface area contributed by atoms with Gasteiger partial charge in [-0.1, -0.05) is 13.8 Å². The first-order valence-corrected chi connectivity index (χ1v) is 9.23. The minimum Gasteiger partial charge on any atom is -0.424 e. The van der Waals surface area contributed by atoms with Gasteiger partial charge in [0.1, 0.15) is 0 Å². The van der Waals surface area contributed by atoms with Crippen molar-refractivity contribution in [2.45, 2.75) is 45.2 Å². The van der Waals surface area contributed by atoms with Gasteiger partial charge in [0.05, 0.1) is 12.6 Å². The zero-order valence-corrected chi connectivity index (χ0v) is 14.1. The monoisotopic (exact) mass is 324 g/mol. The second-order valence-electron chi connectivity index (χ2n) is 6.25. The Morgan fingerprint density at radius 2 is 2.09 bits per heavy atom. The summed E-state index contributed by atoms with van der Waals surface area (Å²) in [4.78, 5) is 16.9. The number of hydrogen-bond acceptors (Lipinski definition) is 6. The molecule has 1 amide bonds. The third-order valence-electron chi connectivity index (χ3n) is 4.29. The fraction of sp³-hybridized carbons (Fsp3) is 0.800. The predicted molar refractivity (Wildman–Crippen MR) is 85.7 cm³/mol. The van der Waals surface area contributed by atoms with E-state index in [9.17, 15) is 4.79 Å². The molecule has 0 unspecified atom stereocenters. The number of aromatic nitrogens is 2. The van der Waals surface area contributed by atoms with E-state index in [0.717, 1.165) is 44.0 Å². The van der Waals surface area contributed by atoms with Gasteiger partial charge in [-0.15, -0.1) is 10.2 Å². The van der Waals surface area contributed by atoms with Crippen LogP contribution >= 0.6 is 11.8 Å². The van der Waals surface area contributed by atoms with E-state index < -0.39 is 0 Å². The summed E-state index contributed by atoms with van der Waals surface area (Å²) in [5, 5.41) is 8.20. The van der Waals surface area contributed by atoms with Crippen molar-refractivity contribution in [3.8, 4) is 0 Å². The van der Waals surface area contributed by atoms with Crippen LogP contribution in [0.3, 0.4) is 0 Å². The van der Waals surface area contributed by atoms with Gasteiger partial charge in [-0.25, -0.2) is 0 Å². The summed E-state index contributed by atoms with van der Waals surface area (Å²) in [6.45, 7) is 7.34. The van der Waals surface area contributed by atoms with Crippen LogP contribution in [0.15, 0.2) is 4.42 Å². The molecule has 0 saturated carbocycles. The highest BCUT2D eigenvalue weighted by molar-refractivity contribution is 7.99. The Bertz CT molecular complexity index is 513. The van der Waals surface area contributed by atoms with E-state index in [4.69, 9.17) is 4.42 Å². The molecule has 3 rings (SSSR count). The second kappa shape index (κ2) is 7.00. The molecule has 7 heteroatoms. The molecule has 1 aromatic heterocycles. The molecule has 0 radical (unpaired) electrons. The average molecular weight is 324 g/mol. The molecule has 0 aliphatic carbocycles. The average Bonchev–Trinajstić information content (AvgIpc) is 3.17. The van der Waals surface area contributed by atoms with Crippen molar-refractivity contribution in [3.05, 3.63) is 11.8 Å². The molecule has 0 bridgehead atoms. The van der Waals surface area contributed by atoms with E-state index >= 15 is 0 Å². The zero-order chi connectivity index (χ0) is 15.5. The van der Waals surface area contributed by atoms with Gasteiger partial charge < -0.3 is 9.32 Å². The summed E-state index contributed by atoms with van der Waals surface area (Å²) in [6, 6.07) is -0.0162. The molecular weight excluding hydrogens is 300 g/mol. The van der Waals surface area contributed by atoms with Crippen LogP contribution in [-0.2, 0) is 11.3 Å². The zero-order valence-electron chi connectivity index (χ0n) is 13.3. The summed E-state index contributed by atoms with van der Waals surface area (Å²) in [5.74, 6) is 3.92. The summed E-state index contributed by atoms with van der Waals surface area (Å²) >= 11 is 1.93. The van der Waals surface area contributed by atoms with Gasteiger partial charge in [-0.05, 0) is 19.4 Å². The fourth-order valence-corrected chi connectivity index (χ4v) is 3.93. The van der Waals surface area contributed by atoms with E-state index in [1.54, 1.807) is 0 Å². The lowest BCUT2D eigenvalue weighted by molar-refractivity contribution is -0.135. The standard InChI is InChI=1S/C15H24N4O2S/c1-11(2)14-17-16-13(21-14)10-19-5-3-4-12(19)15(20)18-6-8-22-9-7-18/h11-12H,3-10H2,1-2H3/t12-/m1/s1. The minimum absolute atomic E-state index is 0.0162. The number of thioether (sulfide) groups is 1. The number of carbonyl (C=O) groups excluding carboxylic acids is 1. The molecule has 2 fully saturated rings. The molecule has 0 spiro atoms. The minimum atomic E-state index is -0.0162. The highest BCUT2D eigenvalue weighted by Gasteiger charge is 2.34. The van der Waals surface area contributed by atoms with Crippen LogP contribution in [0.1, 0.15) is 44.4 Å². The van der Waals surface area contributed by atoms with Gasteiger partial charge in [0.15, 0.2) is 0 Å². The Morgan fingerprint density at radius 3 is 2.77 bits per heavy atom. The molecule has 2 aliphatic heterocycles. The van der Waals surface area contributed by atoms with Crippen LogP contribution in [0.4, 0.5) is 0 Å². The predicted octanol–water partition coefficient (Wildman–Crippen LogP) is 1.73. The van der Waals surface area contributed by atoms with E-state index in [-0.39, 0.29) is 17.9 Å². The van der Waals surface area contributed by atoms with Gasteiger partial charge in [0.25, 0.3) is 0 Å². The summed E-state index contributed by atoms with van der Waals surface area (Å²) in [7, 11) is 0.